The summed E-state index contributed by atoms with van der Waals surface area (Å²) >= 11 is 3.61. The number of nitrogens with two attached hydrogens (primary N) is 1. The van der Waals surface area contributed by atoms with Crippen molar-refractivity contribution in [2.24, 2.45) is 5.73 Å². The van der Waals surface area contributed by atoms with E-state index in [1.54, 1.807) is 0 Å². The summed E-state index contributed by atoms with van der Waals surface area (Å²) in [7, 11) is 0. The van der Waals surface area contributed by atoms with Gasteiger partial charge in [-0.15, -0.1) is 0 Å². The number of rotatable bonds is 2. The highest BCUT2D eigenvalue weighted by Gasteiger charge is 2.40. The Labute approximate surface area is 109 Å². The SMILES string of the molecule is Cc1c(C2(CN)CCC2)cc2c(c1Br)OCO2. The molecule has 1 aromatic carbocycles. The van der Waals surface area contributed by atoms with Gasteiger partial charge >= 0.3 is 0 Å². The molecule has 17 heavy (non-hydrogen) atoms. The van der Waals surface area contributed by atoms with Gasteiger partial charge in [0.15, 0.2) is 11.5 Å². The highest BCUT2D eigenvalue weighted by molar-refractivity contribution is 9.10. The van der Waals surface area contributed by atoms with Crippen molar-refractivity contribution < 1.29 is 9.47 Å². The first-order valence-electron chi connectivity index (χ1n) is 5.97. The summed E-state index contributed by atoms with van der Waals surface area (Å²) in [6, 6.07) is 2.12. The number of hydrogen-bond donors (Lipinski definition) is 1. The Hall–Kier alpha value is -0.740. The van der Waals surface area contributed by atoms with Gasteiger partial charge in [0.1, 0.15) is 0 Å². The molecule has 0 radical (unpaired) electrons. The van der Waals surface area contributed by atoms with Gasteiger partial charge in [-0.05, 0) is 52.9 Å². The van der Waals surface area contributed by atoms with Gasteiger partial charge in [-0.2, -0.15) is 0 Å². The fraction of sp³-hybridized carbons (Fsp3) is 0.538. The first kappa shape index (κ1) is 11.4. The van der Waals surface area contributed by atoms with Gasteiger partial charge in [0.2, 0.25) is 6.79 Å². The number of ether oxygens (including phenoxy) is 2. The maximum absolute atomic E-state index is 5.98. The molecule has 0 saturated heterocycles. The summed E-state index contributed by atoms with van der Waals surface area (Å²) < 4.78 is 12.0. The molecule has 1 aliphatic carbocycles. The largest absolute Gasteiger partial charge is 0.454 e. The van der Waals surface area contributed by atoms with Gasteiger partial charge in [-0.1, -0.05) is 6.42 Å². The lowest BCUT2D eigenvalue weighted by atomic mass is 9.63. The predicted octanol–water partition coefficient (Wildman–Crippen LogP) is 2.87. The summed E-state index contributed by atoms with van der Waals surface area (Å²) in [4.78, 5) is 0. The number of fused-ring (bicyclic) bond motifs is 1. The van der Waals surface area contributed by atoms with Crippen LogP contribution >= 0.6 is 15.9 Å². The Morgan fingerprint density at radius 1 is 1.41 bits per heavy atom. The maximum atomic E-state index is 5.98. The third-order valence-electron chi connectivity index (χ3n) is 4.12. The van der Waals surface area contributed by atoms with Crippen LogP contribution in [-0.4, -0.2) is 13.3 Å². The van der Waals surface area contributed by atoms with Crippen molar-refractivity contribution >= 4 is 15.9 Å². The zero-order valence-corrected chi connectivity index (χ0v) is 11.5. The molecule has 0 atom stereocenters. The first-order valence-corrected chi connectivity index (χ1v) is 6.76. The Kier molecular flexibility index (Phi) is 2.60. The molecule has 2 N–H and O–H groups in total. The lowest BCUT2D eigenvalue weighted by Gasteiger charge is -2.42. The second-order valence-electron chi connectivity index (χ2n) is 4.93. The van der Waals surface area contributed by atoms with Crippen LogP contribution in [0.15, 0.2) is 10.5 Å². The first-order chi connectivity index (χ1) is 8.18. The Balaban J connectivity index is 2.14. The van der Waals surface area contributed by atoms with Crippen molar-refractivity contribution in [3.8, 4) is 11.5 Å². The minimum absolute atomic E-state index is 0.160. The molecule has 0 aromatic heterocycles. The molecule has 0 unspecified atom stereocenters. The molecule has 2 aliphatic rings. The summed E-state index contributed by atoms with van der Waals surface area (Å²) in [5.74, 6) is 1.68. The second kappa shape index (κ2) is 3.89. The monoisotopic (exact) mass is 297 g/mol. The lowest BCUT2D eigenvalue weighted by Crippen LogP contribution is -2.42. The van der Waals surface area contributed by atoms with Gasteiger partial charge < -0.3 is 15.2 Å². The van der Waals surface area contributed by atoms with E-state index in [-0.39, 0.29) is 5.41 Å². The van der Waals surface area contributed by atoms with E-state index in [0.29, 0.717) is 13.3 Å². The van der Waals surface area contributed by atoms with E-state index in [0.717, 1.165) is 16.0 Å². The average molecular weight is 298 g/mol. The fourth-order valence-electron chi connectivity index (χ4n) is 2.83. The van der Waals surface area contributed by atoms with E-state index in [4.69, 9.17) is 15.2 Å². The molecule has 1 saturated carbocycles. The van der Waals surface area contributed by atoms with Crippen molar-refractivity contribution in [1.29, 1.82) is 0 Å². The second-order valence-corrected chi connectivity index (χ2v) is 5.73. The minimum atomic E-state index is 0.160. The highest BCUT2D eigenvalue weighted by Crippen LogP contribution is 2.50. The van der Waals surface area contributed by atoms with Gasteiger partial charge in [-0.3, -0.25) is 0 Å². The topological polar surface area (TPSA) is 44.5 Å². The van der Waals surface area contributed by atoms with E-state index >= 15 is 0 Å². The van der Waals surface area contributed by atoms with Crippen LogP contribution in [0.25, 0.3) is 0 Å². The molecule has 4 heteroatoms. The van der Waals surface area contributed by atoms with Crippen molar-refractivity contribution in [1.82, 2.24) is 0 Å². The van der Waals surface area contributed by atoms with Crippen LogP contribution in [0.5, 0.6) is 11.5 Å². The fourth-order valence-corrected chi connectivity index (χ4v) is 3.36. The third kappa shape index (κ3) is 1.50. The third-order valence-corrected chi connectivity index (χ3v) is 5.08. The smallest absolute Gasteiger partial charge is 0.231 e. The molecule has 3 rings (SSSR count). The van der Waals surface area contributed by atoms with Crippen LogP contribution in [0.3, 0.4) is 0 Å². The number of hydrogen-bond acceptors (Lipinski definition) is 3. The van der Waals surface area contributed by atoms with E-state index in [2.05, 4.69) is 28.9 Å². The summed E-state index contributed by atoms with van der Waals surface area (Å²) in [5.41, 5.74) is 8.70. The molecule has 0 spiro atoms. The molecule has 1 aliphatic heterocycles. The van der Waals surface area contributed by atoms with Crippen LogP contribution in [0.1, 0.15) is 30.4 Å². The standard InChI is InChI=1S/C13H16BrNO2/c1-8-9(13(6-15)3-2-4-13)5-10-12(11(8)14)17-7-16-10/h5H,2-4,6-7,15H2,1H3. The Bertz CT molecular complexity index is 463. The van der Waals surface area contributed by atoms with E-state index in [1.165, 1.54) is 30.4 Å². The molecule has 1 aromatic rings. The normalized spacial score (nSPS) is 20.2. The van der Waals surface area contributed by atoms with Crippen molar-refractivity contribution in [3.63, 3.8) is 0 Å². The molecule has 0 bridgehead atoms. The van der Waals surface area contributed by atoms with Crippen LogP contribution in [-0.2, 0) is 5.41 Å². The highest BCUT2D eigenvalue weighted by atomic mass is 79.9. The van der Waals surface area contributed by atoms with E-state index in [9.17, 15) is 0 Å². The van der Waals surface area contributed by atoms with Crippen molar-refractivity contribution in [2.75, 3.05) is 13.3 Å². The summed E-state index contributed by atoms with van der Waals surface area (Å²) in [6.45, 7) is 3.14. The average Bonchev–Trinajstić information content (AvgIpc) is 2.72. The van der Waals surface area contributed by atoms with E-state index in [1.807, 2.05) is 0 Å². The zero-order valence-electron chi connectivity index (χ0n) is 9.88. The summed E-state index contributed by atoms with van der Waals surface area (Å²) in [5, 5.41) is 0. The number of benzene rings is 1. The van der Waals surface area contributed by atoms with Crippen LogP contribution in [0.4, 0.5) is 0 Å². The summed E-state index contributed by atoms with van der Waals surface area (Å²) in [6.07, 6.45) is 3.62. The van der Waals surface area contributed by atoms with Gasteiger partial charge in [-0.25, -0.2) is 0 Å². The molecule has 1 heterocycles. The predicted molar refractivity (Wildman–Crippen MR) is 69.6 cm³/mol. The Morgan fingerprint density at radius 3 is 2.76 bits per heavy atom. The number of halogens is 1. The Morgan fingerprint density at radius 2 is 2.18 bits per heavy atom. The van der Waals surface area contributed by atoms with Crippen molar-refractivity contribution in [2.45, 2.75) is 31.6 Å². The van der Waals surface area contributed by atoms with E-state index < -0.39 is 0 Å². The minimum Gasteiger partial charge on any atom is -0.454 e. The molecular weight excluding hydrogens is 282 g/mol. The molecule has 1 fully saturated rings. The maximum Gasteiger partial charge on any atom is 0.231 e. The van der Waals surface area contributed by atoms with Crippen molar-refractivity contribution in [3.05, 3.63) is 21.7 Å². The molecular formula is C13H16BrNO2. The zero-order chi connectivity index (χ0) is 12.0. The quantitative estimate of drug-likeness (QED) is 0.913. The van der Waals surface area contributed by atoms with Gasteiger partial charge in [0.05, 0.1) is 4.47 Å². The lowest BCUT2D eigenvalue weighted by molar-refractivity contribution is 0.173. The van der Waals surface area contributed by atoms with Crippen LogP contribution in [0, 0.1) is 6.92 Å². The van der Waals surface area contributed by atoms with Gasteiger partial charge in [0.25, 0.3) is 0 Å². The molecule has 3 nitrogen and oxygen atoms in total. The van der Waals surface area contributed by atoms with Crippen LogP contribution in [0.2, 0.25) is 0 Å². The molecule has 0 amide bonds. The molecule has 92 valence electrons. The van der Waals surface area contributed by atoms with Gasteiger partial charge in [0, 0.05) is 12.0 Å². The van der Waals surface area contributed by atoms with Crippen LogP contribution < -0.4 is 15.2 Å².